The molecule has 0 radical (unpaired) electrons. The van der Waals surface area contributed by atoms with E-state index in [9.17, 15) is 8.42 Å². The zero-order valence-corrected chi connectivity index (χ0v) is 14.5. The van der Waals surface area contributed by atoms with Gasteiger partial charge in [0.1, 0.15) is 0 Å². The average Bonchev–Trinajstić information content (AvgIpc) is 2.46. The van der Waals surface area contributed by atoms with Crippen molar-refractivity contribution in [2.45, 2.75) is 83.6 Å². The quantitative estimate of drug-likeness (QED) is 0.543. The van der Waals surface area contributed by atoms with Crippen molar-refractivity contribution in [3.63, 3.8) is 0 Å². The highest BCUT2D eigenvalue weighted by molar-refractivity contribution is 7.89. The third kappa shape index (κ3) is 10.3. The number of hydrogen-bond donors (Lipinski definition) is 2. The van der Waals surface area contributed by atoms with Crippen LogP contribution in [0.3, 0.4) is 0 Å². The minimum absolute atomic E-state index is 0.148. The van der Waals surface area contributed by atoms with Crippen molar-refractivity contribution in [1.29, 1.82) is 0 Å². The lowest BCUT2D eigenvalue weighted by Gasteiger charge is -2.23. The van der Waals surface area contributed by atoms with Crippen LogP contribution in [0, 0.1) is 0 Å². The zero-order chi connectivity index (χ0) is 15.4. The molecule has 1 saturated heterocycles. The molecule has 1 aliphatic rings. The summed E-state index contributed by atoms with van der Waals surface area (Å²) in [5.74, 6) is 0.240. The second-order valence-electron chi connectivity index (χ2n) is 6.30. The van der Waals surface area contributed by atoms with Crippen molar-refractivity contribution in [3.8, 4) is 0 Å². The Labute approximate surface area is 131 Å². The Morgan fingerprint density at radius 1 is 1.00 bits per heavy atom. The summed E-state index contributed by atoms with van der Waals surface area (Å²) in [5.41, 5.74) is 0. The van der Waals surface area contributed by atoms with Gasteiger partial charge in [-0.1, -0.05) is 58.3 Å². The Morgan fingerprint density at radius 2 is 1.67 bits per heavy atom. The van der Waals surface area contributed by atoms with E-state index in [0.29, 0.717) is 6.54 Å². The maximum atomic E-state index is 12.0. The second kappa shape index (κ2) is 11.4. The first-order valence-electron chi connectivity index (χ1n) is 8.85. The van der Waals surface area contributed by atoms with Crippen molar-refractivity contribution >= 4 is 10.0 Å². The molecule has 1 unspecified atom stereocenters. The van der Waals surface area contributed by atoms with Crippen molar-refractivity contribution in [2.75, 3.05) is 18.8 Å². The van der Waals surface area contributed by atoms with Gasteiger partial charge in [-0.2, -0.15) is 0 Å². The molecule has 0 aromatic carbocycles. The van der Waals surface area contributed by atoms with Crippen molar-refractivity contribution in [3.05, 3.63) is 0 Å². The topological polar surface area (TPSA) is 58.2 Å². The summed E-state index contributed by atoms with van der Waals surface area (Å²) in [4.78, 5) is 0. The molecular weight excluding hydrogens is 284 g/mol. The van der Waals surface area contributed by atoms with Crippen molar-refractivity contribution in [2.24, 2.45) is 0 Å². The third-order valence-corrected chi connectivity index (χ3v) is 5.67. The van der Waals surface area contributed by atoms with Gasteiger partial charge in [-0.25, -0.2) is 13.1 Å². The van der Waals surface area contributed by atoms with Crippen LogP contribution in [0.5, 0.6) is 0 Å². The van der Waals surface area contributed by atoms with E-state index in [0.717, 1.165) is 32.2 Å². The lowest BCUT2D eigenvalue weighted by Crippen LogP contribution is -2.42. The van der Waals surface area contributed by atoms with Crippen molar-refractivity contribution in [1.82, 2.24) is 10.0 Å². The summed E-state index contributed by atoms with van der Waals surface area (Å²) >= 11 is 0. The molecule has 0 bridgehead atoms. The normalized spacial score (nSPS) is 19.8. The van der Waals surface area contributed by atoms with Gasteiger partial charge in [0, 0.05) is 12.6 Å². The summed E-state index contributed by atoms with van der Waals surface area (Å²) in [7, 11) is -3.10. The van der Waals surface area contributed by atoms with E-state index in [-0.39, 0.29) is 11.8 Å². The maximum absolute atomic E-state index is 12.0. The number of piperidine rings is 1. The van der Waals surface area contributed by atoms with Crippen LogP contribution in [0.2, 0.25) is 0 Å². The smallest absolute Gasteiger partial charge is 0.213 e. The number of sulfonamides is 1. The minimum Gasteiger partial charge on any atom is -0.313 e. The van der Waals surface area contributed by atoms with Gasteiger partial charge in [0.2, 0.25) is 10.0 Å². The van der Waals surface area contributed by atoms with Crippen LogP contribution < -0.4 is 10.0 Å². The Kier molecular flexibility index (Phi) is 10.3. The Bertz CT molecular complexity index is 338. The third-order valence-electron chi connectivity index (χ3n) is 4.19. The number of nitrogens with one attached hydrogen (secondary N) is 2. The van der Waals surface area contributed by atoms with Gasteiger partial charge in [0.15, 0.2) is 0 Å². The molecule has 0 saturated carbocycles. The van der Waals surface area contributed by atoms with Crippen molar-refractivity contribution < 1.29 is 8.42 Å². The summed E-state index contributed by atoms with van der Waals surface area (Å²) in [5, 5.41) is 3.29. The maximum Gasteiger partial charge on any atom is 0.213 e. The van der Waals surface area contributed by atoms with Crippen LogP contribution in [0.15, 0.2) is 0 Å². The molecule has 0 spiro atoms. The number of unbranched alkanes of at least 4 members (excludes halogenated alkanes) is 7. The first-order valence-corrected chi connectivity index (χ1v) is 10.5. The van der Waals surface area contributed by atoms with Crippen LogP contribution in [-0.4, -0.2) is 33.3 Å². The first-order chi connectivity index (χ1) is 10.1. The SMILES string of the molecule is CCCCCCCCCCNS(=O)(=O)CC1CCCCN1. The molecule has 0 aliphatic carbocycles. The predicted molar refractivity (Wildman–Crippen MR) is 90.0 cm³/mol. The molecule has 21 heavy (non-hydrogen) atoms. The minimum atomic E-state index is -3.10. The molecule has 4 nitrogen and oxygen atoms in total. The lowest BCUT2D eigenvalue weighted by atomic mass is 10.1. The summed E-state index contributed by atoms with van der Waals surface area (Å²) in [6.07, 6.45) is 13.2. The lowest BCUT2D eigenvalue weighted by molar-refractivity contribution is 0.422. The van der Waals surface area contributed by atoms with E-state index < -0.39 is 10.0 Å². The van der Waals surface area contributed by atoms with Gasteiger partial charge < -0.3 is 5.32 Å². The van der Waals surface area contributed by atoms with E-state index in [1.54, 1.807) is 0 Å². The first kappa shape index (κ1) is 18.9. The van der Waals surface area contributed by atoms with E-state index in [1.807, 2.05) is 0 Å². The second-order valence-corrected chi connectivity index (χ2v) is 8.15. The van der Waals surface area contributed by atoms with E-state index in [1.165, 1.54) is 44.9 Å². The highest BCUT2D eigenvalue weighted by atomic mass is 32.2. The van der Waals surface area contributed by atoms with E-state index >= 15 is 0 Å². The van der Waals surface area contributed by atoms with Gasteiger partial charge >= 0.3 is 0 Å². The molecule has 1 heterocycles. The molecular formula is C16H34N2O2S. The van der Waals surface area contributed by atoms with E-state index in [4.69, 9.17) is 0 Å². The van der Waals surface area contributed by atoms with Crippen LogP contribution in [0.4, 0.5) is 0 Å². The highest BCUT2D eigenvalue weighted by Gasteiger charge is 2.20. The summed E-state index contributed by atoms with van der Waals surface area (Å²) < 4.78 is 26.7. The molecule has 5 heteroatoms. The molecule has 1 aliphatic heterocycles. The molecule has 0 amide bonds. The zero-order valence-electron chi connectivity index (χ0n) is 13.7. The highest BCUT2D eigenvalue weighted by Crippen LogP contribution is 2.10. The molecule has 126 valence electrons. The molecule has 2 N–H and O–H groups in total. The van der Waals surface area contributed by atoms with Crippen LogP contribution in [0.1, 0.15) is 77.6 Å². The van der Waals surface area contributed by atoms with Gasteiger partial charge in [-0.15, -0.1) is 0 Å². The predicted octanol–water partition coefficient (Wildman–Crippen LogP) is 3.19. The molecule has 0 aromatic heterocycles. The van der Waals surface area contributed by atoms with Gasteiger partial charge in [0.25, 0.3) is 0 Å². The molecule has 1 atom stereocenters. The average molecular weight is 319 g/mol. The molecule has 0 aromatic rings. The summed E-state index contributed by atoms with van der Waals surface area (Å²) in [6.45, 7) is 3.79. The molecule has 1 rings (SSSR count). The van der Waals surface area contributed by atoms with Crippen LogP contribution >= 0.6 is 0 Å². The Morgan fingerprint density at radius 3 is 2.29 bits per heavy atom. The Hall–Kier alpha value is -0.130. The fourth-order valence-corrected chi connectivity index (χ4v) is 4.26. The van der Waals surface area contributed by atoms with Crippen LogP contribution in [-0.2, 0) is 10.0 Å². The summed E-state index contributed by atoms with van der Waals surface area (Å²) in [6, 6.07) is 0.148. The van der Waals surface area contributed by atoms with Gasteiger partial charge in [-0.05, 0) is 25.8 Å². The van der Waals surface area contributed by atoms with Crippen LogP contribution in [0.25, 0.3) is 0 Å². The Balaban J connectivity index is 1.97. The van der Waals surface area contributed by atoms with Gasteiger partial charge in [0.05, 0.1) is 5.75 Å². The van der Waals surface area contributed by atoms with E-state index in [2.05, 4.69) is 17.0 Å². The number of rotatable bonds is 12. The largest absolute Gasteiger partial charge is 0.313 e. The fourth-order valence-electron chi connectivity index (χ4n) is 2.88. The number of hydrogen-bond acceptors (Lipinski definition) is 3. The standard InChI is InChI=1S/C16H34N2O2S/c1-2-3-4-5-6-7-8-10-14-18-21(19,20)15-16-12-9-11-13-17-16/h16-18H,2-15H2,1H3. The van der Waals surface area contributed by atoms with Gasteiger partial charge in [-0.3, -0.25) is 0 Å². The monoisotopic (exact) mass is 318 g/mol. The fraction of sp³-hybridized carbons (Fsp3) is 1.00. The molecule has 1 fully saturated rings.